The first-order valence-electron chi connectivity index (χ1n) is 5.14. The van der Waals surface area contributed by atoms with Crippen LogP contribution < -0.4 is 4.74 Å². The van der Waals surface area contributed by atoms with Crippen molar-refractivity contribution < 1.29 is 4.74 Å². The summed E-state index contributed by atoms with van der Waals surface area (Å²) in [4.78, 5) is 8.68. The van der Waals surface area contributed by atoms with Gasteiger partial charge in [-0.15, -0.1) is 0 Å². The Morgan fingerprint density at radius 2 is 2.00 bits per heavy atom. The van der Waals surface area contributed by atoms with Crippen LogP contribution in [0.4, 0.5) is 0 Å². The Hall–Kier alpha value is -1.64. The van der Waals surface area contributed by atoms with E-state index in [1.165, 1.54) is 0 Å². The molecule has 1 aromatic heterocycles. The molecular weight excluding hydrogens is 188 g/mol. The first kappa shape index (κ1) is 9.90. The average molecular weight is 202 g/mol. The zero-order valence-corrected chi connectivity index (χ0v) is 9.03. The molecule has 2 rings (SSSR count). The fraction of sp³-hybridized carbons (Fsp3) is 0.333. The summed E-state index contributed by atoms with van der Waals surface area (Å²) in [6.07, 6.45) is 2.03. The van der Waals surface area contributed by atoms with E-state index in [0.717, 1.165) is 29.4 Å². The van der Waals surface area contributed by atoms with Gasteiger partial charge >= 0.3 is 6.01 Å². The van der Waals surface area contributed by atoms with Gasteiger partial charge in [0.1, 0.15) is 0 Å². The minimum atomic E-state index is 0.456. The minimum absolute atomic E-state index is 0.456. The van der Waals surface area contributed by atoms with E-state index in [9.17, 15) is 0 Å². The molecule has 3 heteroatoms. The summed E-state index contributed by atoms with van der Waals surface area (Å²) in [5.41, 5.74) is 2.02. The number of aryl methyl sites for hydroxylation is 1. The molecule has 0 fully saturated rings. The van der Waals surface area contributed by atoms with Crippen molar-refractivity contribution in [2.24, 2.45) is 0 Å². The lowest BCUT2D eigenvalue weighted by Gasteiger charge is -2.06. The number of hydrogen-bond acceptors (Lipinski definition) is 3. The van der Waals surface area contributed by atoms with Crippen LogP contribution in [0.1, 0.15) is 19.0 Å². The van der Waals surface area contributed by atoms with Crippen LogP contribution in [0.5, 0.6) is 6.01 Å². The number of para-hydroxylation sites is 1. The van der Waals surface area contributed by atoms with Gasteiger partial charge in [0, 0.05) is 5.39 Å². The highest BCUT2D eigenvalue weighted by molar-refractivity contribution is 5.81. The molecule has 3 nitrogen and oxygen atoms in total. The average Bonchev–Trinajstić information content (AvgIpc) is 2.29. The first-order chi connectivity index (χ1) is 7.35. The van der Waals surface area contributed by atoms with E-state index in [-0.39, 0.29) is 0 Å². The van der Waals surface area contributed by atoms with E-state index >= 15 is 0 Å². The number of aromatic nitrogens is 2. The smallest absolute Gasteiger partial charge is 0.316 e. The Bertz CT molecular complexity index is 468. The maximum Gasteiger partial charge on any atom is 0.316 e. The fourth-order valence-electron chi connectivity index (χ4n) is 1.64. The van der Waals surface area contributed by atoms with Gasteiger partial charge in [0.25, 0.3) is 0 Å². The van der Waals surface area contributed by atoms with E-state index in [1.54, 1.807) is 7.11 Å². The molecule has 0 aliphatic carbocycles. The van der Waals surface area contributed by atoms with Crippen LogP contribution >= 0.6 is 0 Å². The molecule has 0 radical (unpaired) electrons. The van der Waals surface area contributed by atoms with Crippen LogP contribution in [0.2, 0.25) is 0 Å². The van der Waals surface area contributed by atoms with Gasteiger partial charge in [0.15, 0.2) is 0 Å². The molecule has 0 bridgehead atoms. The third-order valence-corrected chi connectivity index (χ3v) is 2.33. The molecule has 2 aromatic rings. The van der Waals surface area contributed by atoms with Gasteiger partial charge in [-0.1, -0.05) is 31.5 Å². The number of benzene rings is 1. The van der Waals surface area contributed by atoms with E-state index in [4.69, 9.17) is 4.74 Å². The lowest BCUT2D eigenvalue weighted by molar-refractivity contribution is 0.380. The third-order valence-electron chi connectivity index (χ3n) is 2.33. The predicted molar refractivity (Wildman–Crippen MR) is 60.1 cm³/mol. The van der Waals surface area contributed by atoms with E-state index < -0.39 is 0 Å². The maximum atomic E-state index is 5.09. The predicted octanol–water partition coefficient (Wildman–Crippen LogP) is 2.59. The van der Waals surface area contributed by atoms with Crippen molar-refractivity contribution in [1.82, 2.24) is 9.97 Å². The van der Waals surface area contributed by atoms with Crippen molar-refractivity contribution in [2.75, 3.05) is 7.11 Å². The van der Waals surface area contributed by atoms with E-state index in [1.807, 2.05) is 18.2 Å². The van der Waals surface area contributed by atoms with Crippen molar-refractivity contribution in [2.45, 2.75) is 19.8 Å². The van der Waals surface area contributed by atoms with Crippen LogP contribution in [0.25, 0.3) is 10.9 Å². The number of rotatable bonds is 3. The van der Waals surface area contributed by atoms with Crippen LogP contribution in [-0.4, -0.2) is 17.1 Å². The summed E-state index contributed by atoms with van der Waals surface area (Å²) >= 11 is 0. The lowest BCUT2D eigenvalue weighted by Crippen LogP contribution is -1.98. The number of hydrogen-bond donors (Lipinski definition) is 0. The van der Waals surface area contributed by atoms with Crippen molar-refractivity contribution in [3.05, 3.63) is 30.0 Å². The molecule has 1 aromatic carbocycles. The Balaban J connectivity index is 2.63. The number of ether oxygens (including phenoxy) is 1. The Morgan fingerprint density at radius 3 is 2.73 bits per heavy atom. The lowest BCUT2D eigenvalue weighted by atomic mass is 10.1. The second kappa shape index (κ2) is 4.26. The standard InChI is InChI=1S/C12H14N2O/c1-3-6-10-9-7-4-5-8-11(9)14-12(13-10)15-2/h4-5,7-8H,3,6H2,1-2H3. The molecule has 0 unspecified atom stereocenters. The molecule has 0 aliphatic heterocycles. The Morgan fingerprint density at radius 1 is 1.20 bits per heavy atom. The highest BCUT2D eigenvalue weighted by Crippen LogP contribution is 2.19. The fourth-order valence-corrected chi connectivity index (χ4v) is 1.64. The van der Waals surface area contributed by atoms with Crippen LogP contribution in [0.15, 0.2) is 24.3 Å². The van der Waals surface area contributed by atoms with Crippen molar-refractivity contribution in [3.63, 3.8) is 0 Å². The van der Waals surface area contributed by atoms with Gasteiger partial charge in [0.05, 0.1) is 18.3 Å². The highest BCUT2D eigenvalue weighted by atomic mass is 16.5. The molecule has 0 amide bonds. The van der Waals surface area contributed by atoms with Crippen molar-refractivity contribution in [1.29, 1.82) is 0 Å². The number of methoxy groups -OCH3 is 1. The van der Waals surface area contributed by atoms with Gasteiger partial charge in [0.2, 0.25) is 0 Å². The maximum absolute atomic E-state index is 5.09. The monoisotopic (exact) mass is 202 g/mol. The zero-order chi connectivity index (χ0) is 10.7. The molecule has 0 N–H and O–H groups in total. The Labute approximate surface area is 89.1 Å². The normalized spacial score (nSPS) is 10.5. The van der Waals surface area contributed by atoms with Crippen LogP contribution in [0.3, 0.4) is 0 Å². The largest absolute Gasteiger partial charge is 0.467 e. The molecule has 0 saturated heterocycles. The second-order valence-corrected chi connectivity index (χ2v) is 3.42. The SMILES string of the molecule is CCCc1nc(OC)nc2ccccc12. The van der Waals surface area contributed by atoms with Gasteiger partial charge in [-0.3, -0.25) is 0 Å². The second-order valence-electron chi connectivity index (χ2n) is 3.42. The molecule has 78 valence electrons. The minimum Gasteiger partial charge on any atom is -0.467 e. The number of fused-ring (bicyclic) bond motifs is 1. The van der Waals surface area contributed by atoms with Gasteiger partial charge in [-0.2, -0.15) is 9.97 Å². The summed E-state index contributed by atoms with van der Waals surface area (Å²) in [6.45, 7) is 2.14. The summed E-state index contributed by atoms with van der Waals surface area (Å²) in [5.74, 6) is 0. The Kier molecular flexibility index (Phi) is 2.81. The molecule has 0 saturated carbocycles. The van der Waals surface area contributed by atoms with Crippen molar-refractivity contribution >= 4 is 10.9 Å². The highest BCUT2D eigenvalue weighted by Gasteiger charge is 2.06. The summed E-state index contributed by atoms with van der Waals surface area (Å²) < 4.78 is 5.09. The zero-order valence-electron chi connectivity index (χ0n) is 9.03. The molecule has 0 aliphatic rings. The van der Waals surface area contributed by atoms with E-state index in [0.29, 0.717) is 6.01 Å². The van der Waals surface area contributed by atoms with Gasteiger partial charge in [-0.05, 0) is 12.5 Å². The molecule has 1 heterocycles. The molecule has 0 spiro atoms. The van der Waals surface area contributed by atoms with Crippen molar-refractivity contribution in [3.8, 4) is 6.01 Å². The van der Waals surface area contributed by atoms with Crippen LogP contribution in [0, 0.1) is 0 Å². The topological polar surface area (TPSA) is 35.0 Å². The van der Waals surface area contributed by atoms with Gasteiger partial charge < -0.3 is 4.74 Å². The third kappa shape index (κ3) is 1.91. The first-order valence-corrected chi connectivity index (χ1v) is 5.14. The molecule has 0 atom stereocenters. The summed E-state index contributed by atoms with van der Waals surface area (Å²) in [6, 6.07) is 8.48. The molecular formula is C12H14N2O. The summed E-state index contributed by atoms with van der Waals surface area (Å²) in [7, 11) is 1.60. The quantitative estimate of drug-likeness (QED) is 0.767. The van der Waals surface area contributed by atoms with E-state index in [2.05, 4.69) is 23.0 Å². The summed E-state index contributed by atoms with van der Waals surface area (Å²) in [5, 5.41) is 1.13. The van der Waals surface area contributed by atoms with Gasteiger partial charge in [-0.25, -0.2) is 0 Å². The number of nitrogens with zero attached hydrogens (tertiary/aromatic N) is 2. The van der Waals surface area contributed by atoms with Crippen LogP contribution in [-0.2, 0) is 6.42 Å². The molecule has 15 heavy (non-hydrogen) atoms.